The summed E-state index contributed by atoms with van der Waals surface area (Å²) in [5.74, 6) is 0.275. The van der Waals surface area contributed by atoms with Crippen molar-refractivity contribution in [3.8, 4) is 0 Å². The van der Waals surface area contributed by atoms with Gasteiger partial charge in [-0.25, -0.2) is 4.68 Å². The topological polar surface area (TPSA) is 59.8 Å². The second-order valence-electron chi connectivity index (χ2n) is 3.84. The van der Waals surface area contributed by atoms with Crippen LogP contribution in [0.25, 0.3) is 0 Å². The maximum Gasteiger partial charge on any atom is 0.186 e. The Morgan fingerprint density at radius 1 is 1.73 bits per heavy atom. The molecule has 15 heavy (non-hydrogen) atoms. The Labute approximate surface area is 88.9 Å². The minimum absolute atomic E-state index is 0.0996. The summed E-state index contributed by atoms with van der Waals surface area (Å²) < 4.78 is 1.66. The van der Waals surface area contributed by atoms with E-state index >= 15 is 0 Å². The van der Waals surface area contributed by atoms with Gasteiger partial charge in [-0.15, -0.1) is 5.10 Å². The van der Waals surface area contributed by atoms with Gasteiger partial charge in [-0.2, -0.15) is 0 Å². The molecule has 5 nitrogen and oxygen atoms in total. The van der Waals surface area contributed by atoms with E-state index in [2.05, 4.69) is 15.6 Å². The van der Waals surface area contributed by atoms with E-state index in [9.17, 15) is 4.79 Å². The highest BCUT2D eigenvalue weighted by molar-refractivity contribution is 5.96. The molecule has 1 aliphatic rings. The number of aryl methyl sites for hydroxylation is 1. The summed E-state index contributed by atoms with van der Waals surface area (Å²) in [6.07, 6.45) is 3.62. The van der Waals surface area contributed by atoms with E-state index in [1.54, 1.807) is 10.9 Å². The average Bonchev–Trinajstić information content (AvgIpc) is 2.77. The standard InChI is InChI=1S/C10H16N4O/c1-2-14-9(7-12-13-14)10(15)8-4-3-5-11-6-8/h7-8,11H,2-6H2,1H3. The fraction of sp³-hybridized carbons (Fsp3) is 0.700. The summed E-state index contributed by atoms with van der Waals surface area (Å²) in [6, 6.07) is 0. The fourth-order valence-electron chi connectivity index (χ4n) is 1.97. The lowest BCUT2D eigenvalue weighted by molar-refractivity contribution is 0.0888. The number of hydrogen-bond acceptors (Lipinski definition) is 4. The van der Waals surface area contributed by atoms with E-state index < -0.39 is 0 Å². The van der Waals surface area contributed by atoms with Crippen LogP contribution in [0.2, 0.25) is 0 Å². The van der Waals surface area contributed by atoms with Gasteiger partial charge in [0.25, 0.3) is 0 Å². The molecule has 1 unspecified atom stereocenters. The molecule has 0 radical (unpaired) electrons. The Balaban J connectivity index is 2.12. The van der Waals surface area contributed by atoms with Gasteiger partial charge in [-0.1, -0.05) is 5.21 Å². The second kappa shape index (κ2) is 4.53. The van der Waals surface area contributed by atoms with E-state index in [1.807, 2.05) is 6.92 Å². The van der Waals surface area contributed by atoms with Crippen LogP contribution in [-0.2, 0) is 6.54 Å². The van der Waals surface area contributed by atoms with Crippen molar-refractivity contribution in [1.29, 1.82) is 0 Å². The number of carbonyl (C=O) groups excluding carboxylic acids is 1. The van der Waals surface area contributed by atoms with Gasteiger partial charge >= 0.3 is 0 Å². The quantitative estimate of drug-likeness (QED) is 0.734. The predicted octanol–water partition coefficient (Wildman–Crippen LogP) is 0.480. The van der Waals surface area contributed by atoms with Gasteiger partial charge in [0.1, 0.15) is 5.69 Å². The highest BCUT2D eigenvalue weighted by Gasteiger charge is 2.24. The van der Waals surface area contributed by atoms with Crippen LogP contribution in [0.15, 0.2) is 6.20 Å². The molecule has 2 heterocycles. The minimum atomic E-state index is 0.0996. The molecule has 1 N–H and O–H groups in total. The second-order valence-corrected chi connectivity index (χ2v) is 3.84. The number of rotatable bonds is 3. The molecule has 1 saturated heterocycles. The number of nitrogens with zero attached hydrogens (tertiary/aromatic N) is 3. The molecule has 0 aromatic carbocycles. The first kappa shape index (κ1) is 10.3. The van der Waals surface area contributed by atoms with E-state index in [0.717, 1.165) is 25.9 Å². The molecule has 1 aliphatic heterocycles. The Hall–Kier alpha value is -1.23. The fourth-order valence-corrected chi connectivity index (χ4v) is 1.97. The van der Waals surface area contributed by atoms with Crippen molar-refractivity contribution >= 4 is 5.78 Å². The van der Waals surface area contributed by atoms with Crippen molar-refractivity contribution in [3.05, 3.63) is 11.9 Å². The molecule has 1 aromatic rings. The zero-order valence-electron chi connectivity index (χ0n) is 8.94. The number of ketones is 1. The largest absolute Gasteiger partial charge is 0.316 e. The summed E-state index contributed by atoms with van der Waals surface area (Å²) >= 11 is 0. The SMILES string of the molecule is CCn1nncc1C(=O)C1CCCNC1. The molecule has 0 saturated carbocycles. The maximum atomic E-state index is 12.1. The van der Waals surface area contributed by atoms with E-state index in [-0.39, 0.29) is 11.7 Å². The van der Waals surface area contributed by atoms with Crippen LogP contribution >= 0.6 is 0 Å². The molecular formula is C10H16N4O. The minimum Gasteiger partial charge on any atom is -0.316 e. The molecule has 0 amide bonds. The Morgan fingerprint density at radius 2 is 2.60 bits per heavy atom. The zero-order chi connectivity index (χ0) is 10.7. The number of hydrogen-bond donors (Lipinski definition) is 1. The zero-order valence-corrected chi connectivity index (χ0v) is 8.94. The molecule has 2 rings (SSSR count). The third-order valence-corrected chi connectivity index (χ3v) is 2.84. The Bertz CT molecular complexity index is 341. The summed E-state index contributed by atoms with van der Waals surface area (Å²) in [6.45, 7) is 4.47. The highest BCUT2D eigenvalue weighted by atomic mass is 16.1. The monoisotopic (exact) mass is 208 g/mol. The first-order valence-corrected chi connectivity index (χ1v) is 5.46. The van der Waals surface area contributed by atoms with Crippen LogP contribution in [0.5, 0.6) is 0 Å². The van der Waals surface area contributed by atoms with Crippen LogP contribution in [0.3, 0.4) is 0 Å². The van der Waals surface area contributed by atoms with Gasteiger partial charge in [0.15, 0.2) is 5.78 Å². The molecule has 1 aromatic heterocycles. The first-order chi connectivity index (χ1) is 7.33. The highest BCUT2D eigenvalue weighted by Crippen LogP contribution is 2.15. The summed E-state index contributed by atoms with van der Waals surface area (Å²) in [4.78, 5) is 12.1. The molecule has 1 atom stereocenters. The predicted molar refractivity (Wildman–Crippen MR) is 55.6 cm³/mol. The van der Waals surface area contributed by atoms with Gasteiger partial charge in [0.05, 0.1) is 6.20 Å². The van der Waals surface area contributed by atoms with Crippen molar-refractivity contribution in [2.75, 3.05) is 13.1 Å². The van der Waals surface area contributed by atoms with Gasteiger partial charge in [-0.3, -0.25) is 4.79 Å². The molecule has 0 spiro atoms. The van der Waals surface area contributed by atoms with Crippen LogP contribution in [0.1, 0.15) is 30.3 Å². The van der Waals surface area contributed by atoms with Crippen LogP contribution in [0.4, 0.5) is 0 Å². The van der Waals surface area contributed by atoms with Crippen LogP contribution in [0, 0.1) is 5.92 Å². The van der Waals surface area contributed by atoms with E-state index in [4.69, 9.17) is 0 Å². The van der Waals surface area contributed by atoms with Crippen molar-refractivity contribution in [2.24, 2.45) is 5.92 Å². The van der Waals surface area contributed by atoms with Crippen molar-refractivity contribution in [1.82, 2.24) is 20.3 Å². The lowest BCUT2D eigenvalue weighted by Crippen LogP contribution is -2.35. The van der Waals surface area contributed by atoms with Gasteiger partial charge in [0, 0.05) is 19.0 Å². The number of aromatic nitrogens is 3. The third-order valence-electron chi connectivity index (χ3n) is 2.84. The molecule has 0 aliphatic carbocycles. The summed E-state index contributed by atoms with van der Waals surface area (Å²) in [5, 5.41) is 10.9. The number of nitrogens with one attached hydrogen (secondary N) is 1. The van der Waals surface area contributed by atoms with Crippen molar-refractivity contribution < 1.29 is 4.79 Å². The Morgan fingerprint density at radius 3 is 3.27 bits per heavy atom. The van der Waals surface area contributed by atoms with Crippen molar-refractivity contribution in [2.45, 2.75) is 26.3 Å². The molecule has 0 bridgehead atoms. The summed E-state index contributed by atoms with van der Waals surface area (Å²) in [7, 11) is 0. The smallest absolute Gasteiger partial charge is 0.186 e. The van der Waals surface area contributed by atoms with Crippen LogP contribution in [-0.4, -0.2) is 33.9 Å². The molecule has 1 fully saturated rings. The van der Waals surface area contributed by atoms with Crippen LogP contribution < -0.4 is 5.32 Å². The lowest BCUT2D eigenvalue weighted by atomic mass is 9.93. The molecular weight excluding hydrogens is 192 g/mol. The van der Waals surface area contributed by atoms with Gasteiger partial charge in [0.2, 0.25) is 0 Å². The third kappa shape index (κ3) is 2.07. The molecule has 82 valence electrons. The number of Topliss-reactive ketones (excluding diaryl/α,β-unsaturated/α-hetero) is 1. The van der Waals surface area contributed by atoms with Gasteiger partial charge < -0.3 is 5.32 Å². The van der Waals surface area contributed by atoms with Gasteiger partial charge in [-0.05, 0) is 26.3 Å². The molecule has 5 heteroatoms. The normalized spacial score (nSPS) is 21.5. The summed E-state index contributed by atoms with van der Waals surface area (Å²) in [5.41, 5.74) is 0.645. The Kier molecular flexibility index (Phi) is 3.11. The maximum absolute atomic E-state index is 12.1. The number of carbonyl (C=O) groups is 1. The average molecular weight is 208 g/mol. The van der Waals surface area contributed by atoms with E-state index in [1.165, 1.54) is 0 Å². The number of piperidine rings is 1. The van der Waals surface area contributed by atoms with Crippen molar-refractivity contribution in [3.63, 3.8) is 0 Å². The first-order valence-electron chi connectivity index (χ1n) is 5.46. The van der Waals surface area contributed by atoms with E-state index in [0.29, 0.717) is 12.2 Å². The lowest BCUT2D eigenvalue weighted by Gasteiger charge is -2.21.